The van der Waals surface area contributed by atoms with Gasteiger partial charge >= 0.3 is 0 Å². The number of aromatic nitrogens is 2. The van der Waals surface area contributed by atoms with Crippen molar-refractivity contribution in [3.05, 3.63) is 66.0 Å². The van der Waals surface area contributed by atoms with Gasteiger partial charge in [0.05, 0.1) is 23.0 Å². The molecule has 104 valence electrons. The number of imidazole rings is 1. The molecule has 1 atom stereocenters. The Labute approximate surface area is 124 Å². The van der Waals surface area contributed by atoms with Crippen LogP contribution in [0.15, 0.2) is 54.6 Å². The van der Waals surface area contributed by atoms with E-state index in [1.807, 2.05) is 43.3 Å². The van der Waals surface area contributed by atoms with Crippen molar-refractivity contribution >= 4 is 11.0 Å². The van der Waals surface area contributed by atoms with E-state index >= 15 is 0 Å². The van der Waals surface area contributed by atoms with Gasteiger partial charge in [-0.15, -0.1) is 0 Å². The molecule has 21 heavy (non-hydrogen) atoms. The first kappa shape index (κ1) is 13.4. The van der Waals surface area contributed by atoms with E-state index in [0.717, 1.165) is 23.3 Å². The highest BCUT2D eigenvalue weighted by atomic mass is 15.1. The van der Waals surface area contributed by atoms with Crippen LogP contribution >= 0.6 is 0 Å². The Kier molecular flexibility index (Phi) is 3.70. The van der Waals surface area contributed by atoms with Crippen molar-refractivity contribution in [2.45, 2.75) is 19.9 Å². The van der Waals surface area contributed by atoms with Crippen molar-refractivity contribution in [3.63, 3.8) is 0 Å². The summed E-state index contributed by atoms with van der Waals surface area (Å²) in [5, 5.41) is 9.10. The van der Waals surface area contributed by atoms with E-state index in [1.165, 1.54) is 5.56 Å². The van der Waals surface area contributed by atoms with Gasteiger partial charge in [0.25, 0.3) is 0 Å². The van der Waals surface area contributed by atoms with E-state index in [1.54, 1.807) is 0 Å². The largest absolute Gasteiger partial charge is 0.326 e. The van der Waals surface area contributed by atoms with E-state index in [0.29, 0.717) is 6.54 Å². The highest BCUT2D eigenvalue weighted by molar-refractivity contribution is 5.76. The number of nitriles is 1. The molecule has 0 bridgehead atoms. The van der Waals surface area contributed by atoms with Crippen LogP contribution in [0.4, 0.5) is 0 Å². The fraction of sp³-hybridized carbons (Fsp3) is 0.222. The van der Waals surface area contributed by atoms with Crippen LogP contribution < -0.4 is 0 Å². The van der Waals surface area contributed by atoms with E-state index in [4.69, 9.17) is 10.2 Å². The lowest BCUT2D eigenvalue weighted by Crippen LogP contribution is -2.10. The Morgan fingerprint density at radius 2 is 1.81 bits per heavy atom. The summed E-state index contributed by atoms with van der Waals surface area (Å²) in [5.74, 6) is 0.988. The molecule has 0 saturated heterocycles. The molecule has 2 aromatic carbocycles. The molecule has 3 heteroatoms. The van der Waals surface area contributed by atoms with Crippen LogP contribution in [0.1, 0.15) is 18.3 Å². The number of benzene rings is 2. The second kappa shape index (κ2) is 5.80. The zero-order chi connectivity index (χ0) is 14.7. The first-order chi connectivity index (χ1) is 10.3. The quantitative estimate of drug-likeness (QED) is 0.727. The molecule has 1 aromatic heterocycles. The van der Waals surface area contributed by atoms with Gasteiger partial charge in [0.1, 0.15) is 5.82 Å². The Morgan fingerprint density at radius 1 is 1.10 bits per heavy atom. The van der Waals surface area contributed by atoms with E-state index in [9.17, 15) is 0 Å². The van der Waals surface area contributed by atoms with Crippen molar-refractivity contribution < 1.29 is 0 Å². The molecule has 0 saturated carbocycles. The molecule has 0 N–H and O–H groups in total. The van der Waals surface area contributed by atoms with Crippen LogP contribution in [0.5, 0.6) is 0 Å². The number of hydrogen-bond acceptors (Lipinski definition) is 2. The van der Waals surface area contributed by atoms with Gasteiger partial charge in [-0.2, -0.15) is 5.26 Å². The second-order valence-electron chi connectivity index (χ2n) is 5.32. The van der Waals surface area contributed by atoms with Crippen LogP contribution in [0.2, 0.25) is 0 Å². The first-order valence-corrected chi connectivity index (χ1v) is 7.15. The van der Waals surface area contributed by atoms with Gasteiger partial charge in [0.15, 0.2) is 0 Å². The van der Waals surface area contributed by atoms with Gasteiger partial charge in [-0.1, -0.05) is 42.5 Å². The minimum atomic E-state index is -0.0304. The van der Waals surface area contributed by atoms with Crippen molar-refractivity contribution in [3.8, 4) is 6.07 Å². The number of para-hydroxylation sites is 2. The van der Waals surface area contributed by atoms with E-state index in [2.05, 4.69) is 28.8 Å². The fourth-order valence-electron chi connectivity index (χ4n) is 2.56. The fourth-order valence-corrected chi connectivity index (χ4v) is 2.56. The first-order valence-electron chi connectivity index (χ1n) is 7.15. The molecular formula is C18H17N3. The lowest BCUT2D eigenvalue weighted by Gasteiger charge is -2.10. The molecular weight excluding hydrogens is 258 g/mol. The molecule has 0 aliphatic rings. The third-order valence-corrected chi connectivity index (χ3v) is 3.62. The van der Waals surface area contributed by atoms with Crippen LogP contribution in [0.3, 0.4) is 0 Å². The van der Waals surface area contributed by atoms with Crippen LogP contribution in [0, 0.1) is 17.2 Å². The number of nitrogens with zero attached hydrogens (tertiary/aromatic N) is 3. The normalized spacial score (nSPS) is 12.2. The average Bonchev–Trinajstić information content (AvgIpc) is 2.86. The Balaban J connectivity index is 2.04. The molecule has 0 fully saturated rings. The van der Waals surface area contributed by atoms with Crippen molar-refractivity contribution in [1.29, 1.82) is 5.26 Å². The summed E-state index contributed by atoms with van der Waals surface area (Å²) in [5.41, 5.74) is 3.33. The Bertz CT molecular complexity index is 781. The SMILES string of the molecule is CC(C#N)Cn1c(Cc2ccccc2)nc2ccccc21. The molecule has 0 aliphatic carbocycles. The van der Waals surface area contributed by atoms with Crippen molar-refractivity contribution in [2.75, 3.05) is 0 Å². The second-order valence-corrected chi connectivity index (χ2v) is 5.32. The monoisotopic (exact) mass is 275 g/mol. The molecule has 1 unspecified atom stereocenters. The molecule has 0 aliphatic heterocycles. The lowest BCUT2D eigenvalue weighted by molar-refractivity contribution is 0.574. The van der Waals surface area contributed by atoms with Crippen molar-refractivity contribution in [2.24, 2.45) is 5.92 Å². The lowest BCUT2D eigenvalue weighted by atomic mass is 10.1. The summed E-state index contributed by atoms with van der Waals surface area (Å²) >= 11 is 0. The zero-order valence-electron chi connectivity index (χ0n) is 12.0. The third kappa shape index (κ3) is 2.80. The van der Waals surface area contributed by atoms with Gasteiger partial charge < -0.3 is 4.57 Å². The van der Waals surface area contributed by atoms with Crippen LogP contribution in [0.25, 0.3) is 11.0 Å². The summed E-state index contributed by atoms with van der Waals surface area (Å²) < 4.78 is 2.18. The summed E-state index contributed by atoms with van der Waals surface area (Å²) in [6, 6.07) is 20.7. The average molecular weight is 275 g/mol. The van der Waals surface area contributed by atoms with Gasteiger partial charge in [-0.25, -0.2) is 4.98 Å². The molecule has 0 spiro atoms. The molecule has 3 rings (SSSR count). The third-order valence-electron chi connectivity index (χ3n) is 3.62. The van der Waals surface area contributed by atoms with Gasteiger partial charge in [-0.3, -0.25) is 0 Å². The topological polar surface area (TPSA) is 41.6 Å². The summed E-state index contributed by atoms with van der Waals surface area (Å²) in [4.78, 5) is 4.75. The minimum absolute atomic E-state index is 0.0304. The van der Waals surface area contributed by atoms with Gasteiger partial charge in [0, 0.05) is 13.0 Å². The van der Waals surface area contributed by atoms with Gasteiger partial charge in [0.2, 0.25) is 0 Å². The number of rotatable bonds is 4. The van der Waals surface area contributed by atoms with Gasteiger partial charge in [-0.05, 0) is 24.6 Å². The summed E-state index contributed by atoms with van der Waals surface area (Å²) in [7, 11) is 0. The number of hydrogen-bond donors (Lipinski definition) is 0. The van der Waals surface area contributed by atoms with Crippen LogP contribution in [-0.4, -0.2) is 9.55 Å². The van der Waals surface area contributed by atoms with Crippen LogP contribution in [-0.2, 0) is 13.0 Å². The molecule has 3 nitrogen and oxygen atoms in total. The summed E-state index contributed by atoms with van der Waals surface area (Å²) in [6.45, 7) is 2.63. The van der Waals surface area contributed by atoms with Crippen molar-refractivity contribution in [1.82, 2.24) is 9.55 Å². The minimum Gasteiger partial charge on any atom is -0.326 e. The molecule has 0 radical (unpaired) electrons. The van der Waals surface area contributed by atoms with E-state index in [-0.39, 0.29) is 5.92 Å². The Hall–Kier alpha value is -2.60. The maximum absolute atomic E-state index is 9.10. The maximum atomic E-state index is 9.10. The number of fused-ring (bicyclic) bond motifs is 1. The van der Waals surface area contributed by atoms with E-state index < -0.39 is 0 Å². The predicted octanol–water partition coefficient (Wildman–Crippen LogP) is 3.79. The maximum Gasteiger partial charge on any atom is 0.114 e. The highest BCUT2D eigenvalue weighted by Gasteiger charge is 2.13. The molecule has 0 amide bonds. The smallest absolute Gasteiger partial charge is 0.114 e. The Morgan fingerprint density at radius 3 is 2.57 bits per heavy atom. The molecule has 1 heterocycles. The standard InChI is InChI=1S/C18H17N3/c1-14(12-19)13-21-17-10-6-5-9-16(17)20-18(21)11-15-7-3-2-4-8-15/h2-10,14H,11,13H2,1H3. The highest BCUT2D eigenvalue weighted by Crippen LogP contribution is 2.20. The predicted molar refractivity (Wildman–Crippen MR) is 83.8 cm³/mol. The zero-order valence-corrected chi connectivity index (χ0v) is 12.0. The summed E-state index contributed by atoms with van der Waals surface area (Å²) in [6.07, 6.45) is 0.785. The molecule has 3 aromatic rings.